The largest absolute Gasteiger partial charge is 0.573 e. The van der Waals surface area contributed by atoms with E-state index in [9.17, 15) is 27.6 Å². The lowest BCUT2D eigenvalue weighted by atomic mass is 10.1. The van der Waals surface area contributed by atoms with Gasteiger partial charge in [0.25, 0.3) is 5.56 Å². The average molecular weight is 544 g/mol. The highest BCUT2D eigenvalue weighted by Crippen LogP contribution is 2.28. The Morgan fingerprint density at radius 3 is 2.36 bits per heavy atom. The predicted molar refractivity (Wildman–Crippen MR) is 135 cm³/mol. The lowest BCUT2D eigenvalue weighted by Crippen LogP contribution is -2.42. The van der Waals surface area contributed by atoms with Crippen molar-refractivity contribution < 1.29 is 32.2 Å². The molecule has 0 fully saturated rings. The van der Waals surface area contributed by atoms with Gasteiger partial charge in [-0.05, 0) is 60.5 Å². The molecule has 13 heteroatoms. The Bertz CT molecular complexity index is 1610. The fourth-order valence-corrected chi connectivity index (χ4v) is 3.95. The number of carbonyl (C=O) groups excluding carboxylic acids is 1. The zero-order valence-corrected chi connectivity index (χ0v) is 20.8. The number of anilines is 1. The Kier molecular flexibility index (Phi) is 7.88. The molecule has 4 aromatic rings. The minimum absolute atomic E-state index is 0.00194. The van der Waals surface area contributed by atoms with Crippen molar-refractivity contribution >= 4 is 22.6 Å². The van der Waals surface area contributed by atoms with Crippen LogP contribution in [0, 0.1) is 0 Å². The SMILES string of the molecule is COc1ccc(CCn2c(=O)c3ncccc3n(CC(=O)Nc3ccc(OC(F)(F)F)cc3)c2=O)cc1OC. The highest BCUT2D eigenvalue weighted by atomic mass is 19.4. The second-order valence-corrected chi connectivity index (χ2v) is 8.26. The summed E-state index contributed by atoms with van der Waals surface area (Å²) in [7, 11) is 3.00. The molecule has 0 unspecified atom stereocenters. The monoisotopic (exact) mass is 544 g/mol. The van der Waals surface area contributed by atoms with E-state index in [1.165, 1.54) is 44.7 Å². The second kappa shape index (κ2) is 11.3. The van der Waals surface area contributed by atoms with Crippen LogP contribution < -0.4 is 30.8 Å². The van der Waals surface area contributed by atoms with Crippen LogP contribution in [0.5, 0.6) is 17.2 Å². The van der Waals surface area contributed by atoms with Gasteiger partial charge in [0, 0.05) is 18.4 Å². The molecular weight excluding hydrogens is 521 g/mol. The number of aryl methyl sites for hydroxylation is 1. The van der Waals surface area contributed by atoms with Gasteiger partial charge in [-0.3, -0.25) is 18.7 Å². The number of methoxy groups -OCH3 is 2. The van der Waals surface area contributed by atoms with Crippen LogP contribution in [0.2, 0.25) is 0 Å². The molecule has 4 rings (SSSR count). The lowest BCUT2D eigenvalue weighted by Gasteiger charge is -2.14. The van der Waals surface area contributed by atoms with Crippen LogP contribution in [0.1, 0.15) is 5.56 Å². The Morgan fingerprint density at radius 1 is 0.974 bits per heavy atom. The van der Waals surface area contributed by atoms with E-state index in [1.807, 2.05) is 0 Å². The quantitative estimate of drug-likeness (QED) is 0.344. The average Bonchev–Trinajstić information content (AvgIpc) is 2.91. The highest BCUT2D eigenvalue weighted by Gasteiger charge is 2.31. The smallest absolute Gasteiger partial charge is 0.493 e. The number of amides is 1. The van der Waals surface area contributed by atoms with Gasteiger partial charge in [0.05, 0.1) is 19.7 Å². The first-order valence-electron chi connectivity index (χ1n) is 11.5. The van der Waals surface area contributed by atoms with Crippen LogP contribution >= 0.6 is 0 Å². The van der Waals surface area contributed by atoms with Gasteiger partial charge in [-0.2, -0.15) is 0 Å². The van der Waals surface area contributed by atoms with Gasteiger partial charge in [-0.25, -0.2) is 9.78 Å². The van der Waals surface area contributed by atoms with Crippen molar-refractivity contribution in [1.82, 2.24) is 14.1 Å². The summed E-state index contributed by atoms with van der Waals surface area (Å²) in [4.78, 5) is 43.4. The maximum atomic E-state index is 13.4. The number of hydrogen-bond donors (Lipinski definition) is 1. The molecule has 2 aromatic carbocycles. The summed E-state index contributed by atoms with van der Waals surface area (Å²) in [5.74, 6) is -0.0639. The van der Waals surface area contributed by atoms with E-state index >= 15 is 0 Å². The Hall–Kier alpha value is -4.81. The first kappa shape index (κ1) is 27.2. The molecule has 1 amide bonds. The van der Waals surface area contributed by atoms with Gasteiger partial charge < -0.3 is 19.5 Å². The van der Waals surface area contributed by atoms with Crippen molar-refractivity contribution in [3.63, 3.8) is 0 Å². The highest BCUT2D eigenvalue weighted by molar-refractivity contribution is 5.91. The predicted octanol–water partition coefficient (Wildman–Crippen LogP) is 3.36. The van der Waals surface area contributed by atoms with E-state index in [-0.39, 0.29) is 23.3 Å². The van der Waals surface area contributed by atoms with Crippen molar-refractivity contribution in [2.24, 2.45) is 0 Å². The third-order valence-electron chi connectivity index (χ3n) is 5.73. The summed E-state index contributed by atoms with van der Waals surface area (Å²) in [6, 6.07) is 12.8. The minimum atomic E-state index is -4.84. The van der Waals surface area contributed by atoms with Crippen molar-refractivity contribution in [3.8, 4) is 17.2 Å². The molecule has 0 aliphatic rings. The Morgan fingerprint density at radius 2 is 1.69 bits per heavy atom. The van der Waals surface area contributed by atoms with E-state index in [4.69, 9.17) is 9.47 Å². The fourth-order valence-electron chi connectivity index (χ4n) is 3.95. The molecule has 0 aliphatic heterocycles. The number of ether oxygens (including phenoxy) is 3. The minimum Gasteiger partial charge on any atom is -0.493 e. The number of fused-ring (bicyclic) bond motifs is 1. The molecule has 2 heterocycles. The number of carbonyl (C=O) groups is 1. The van der Waals surface area contributed by atoms with Gasteiger partial charge in [0.2, 0.25) is 5.91 Å². The van der Waals surface area contributed by atoms with Crippen LogP contribution in [-0.4, -0.2) is 40.6 Å². The second-order valence-electron chi connectivity index (χ2n) is 8.26. The number of rotatable bonds is 9. The van der Waals surface area contributed by atoms with E-state index in [1.54, 1.807) is 18.2 Å². The molecule has 0 spiro atoms. The van der Waals surface area contributed by atoms with E-state index in [0.29, 0.717) is 17.9 Å². The lowest BCUT2D eigenvalue weighted by molar-refractivity contribution is -0.274. The van der Waals surface area contributed by atoms with Gasteiger partial charge in [0.1, 0.15) is 12.3 Å². The molecule has 0 bridgehead atoms. The molecule has 2 aromatic heterocycles. The van der Waals surface area contributed by atoms with Gasteiger partial charge in [0.15, 0.2) is 17.0 Å². The number of benzene rings is 2. The van der Waals surface area contributed by atoms with Crippen LogP contribution in [0.15, 0.2) is 70.4 Å². The Balaban J connectivity index is 1.59. The number of hydrogen-bond acceptors (Lipinski definition) is 7. The molecule has 0 radical (unpaired) electrons. The van der Waals surface area contributed by atoms with Gasteiger partial charge >= 0.3 is 12.1 Å². The van der Waals surface area contributed by atoms with Crippen LogP contribution in [0.4, 0.5) is 18.9 Å². The summed E-state index contributed by atoms with van der Waals surface area (Å²) in [5.41, 5.74) is -0.183. The van der Waals surface area contributed by atoms with E-state index < -0.39 is 35.8 Å². The number of aromatic nitrogens is 3. The summed E-state index contributed by atoms with van der Waals surface area (Å²) < 4.78 is 53.6. The molecule has 0 aliphatic carbocycles. The fraction of sp³-hybridized carbons (Fsp3) is 0.231. The molecule has 0 saturated heterocycles. The molecule has 10 nitrogen and oxygen atoms in total. The number of halogens is 3. The molecule has 204 valence electrons. The summed E-state index contributed by atoms with van der Waals surface area (Å²) >= 11 is 0. The third-order valence-corrected chi connectivity index (χ3v) is 5.73. The third kappa shape index (κ3) is 6.37. The topological polar surface area (TPSA) is 114 Å². The summed E-state index contributed by atoms with van der Waals surface area (Å²) in [5, 5.41) is 2.52. The maximum absolute atomic E-state index is 13.4. The van der Waals surface area contributed by atoms with E-state index in [0.717, 1.165) is 26.8 Å². The van der Waals surface area contributed by atoms with Crippen LogP contribution in [0.3, 0.4) is 0 Å². The Labute approximate surface area is 219 Å². The maximum Gasteiger partial charge on any atom is 0.573 e. The van der Waals surface area contributed by atoms with Crippen molar-refractivity contribution in [2.45, 2.75) is 25.9 Å². The zero-order chi connectivity index (χ0) is 28.2. The standard InChI is InChI=1S/C26H23F3N4O6/c1-37-20-10-5-16(14-21(20)38-2)11-13-32-24(35)23-19(4-3-12-30-23)33(25(32)36)15-22(34)31-17-6-8-18(9-7-17)39-26(27,28)29/h3-10,12,14H,11,13,15H2,1-2H3,(H,31,34). The molecule has 0 saturated carbocycles. The number of nitrogens with one attached hydrogen (secondary N) is 1. The van der Waals surface area contributed by atoms with Crippen molar-refractivity contribution in [3.05, 3.63) is 87.2 Å². The first-order valence-corrected chi connectivity index (χ1v) is 11.5. The van der Waals surface area contributed by atoms with Crippen molar-refractivity contribution in [2.75, 3.05) is 19.5 Å². The van der Waals surface area contributed by atoms with Crippen molar-refractivity contribution in [1.29, 1.82) is 0 Å². The summed E-state index contributed by atoms with van der Waals surface area (Å²) in [6.45, 7) is -0.472. The summed E-state index contributed by atoms with van der Waals surface area (Å²) in [6.07, 6.45) is -3.14. The number of alkyl halides is 3. The van der Waals surface area contributed by atoms with E-state index in [2.05, 4.69) is 15.0 Å². The zero-order valence-electron chi connectivity index (χ0n) is 20.8. The first-order chi connectivity index (χ1) is 18.6. The van der Waals surface area contributed by atoms with Gasteiger partial charge in [-0.1, -0.05) is 6.07 Å². The number of nitrogens with zero attached hydrogens (tertiary/aromatic N) is 3. The molecular formula is C26H23F3N4O6. The molecule has 1 N–H and O–H groups in total. The van der Waals surface area contributed by atoms with Crippen LogP contribution in [0.25, 0.3) is 11.0 Å². The van der Waals surface area contributed by atoms with Crippen LogP contribution in [-0.2, 0) is 24.3 Å². The molecule has 39 heavy (non-hydrogen) atoms. The normalized spacial score (nSPS) is 11.3. The molecule has 0 atom stereocenters. The number of pyridine rings is 1. The van der Waals surface area contributed by atoms with Gasteiger partial charge in [-0.15, -0.1) is 13.2 Å².